The normalized spacial score (nSPS) is 14.8. The molecule has 0 saturated heterocycles. The molecule has 1 aliphatic rings. The van der Waals surface area contributed by atoms with Crippen LogP contribution in [0.15, 0.2) is 16.5 Å². The second kappa shape index (κ2) is 8.01. The molecule has 10 nitrogen and oxygen atoms in total. The number of aromatic nitrogens is 6. The van der Waals surface area contributed by atoms with Crippen LogP contribution in [0.3, 0.4) is 0 Å². The number of nitrogens with two attached hydrogens (primary N) is 1. The van der Waals surface area contributed by atoms with Crippen molar-refractivity contribution in [1.29, 1.82) is 0 Å². The average Bonchev–Trinajstić information content (AvgIpc) is 3.34. The molecule has 1 aliphatic carbocycles. The Balaban J connectivity index is 1.26. The maximum absolute atomic E-state index is 14.1. The van der Waals surface area contributed by atoms with Crippen molar-refractivity contribution in [3.63, 3.8) is 0 Å². The van der Waals surface area contributed by atoms with Crippen molar-refractivity contribution in [2.75, 3.05) is 12.8 Å². The van der Waals surface area contributed by atoms with Crippen molar-refractivity contribution in [3.05, 3.63) is 41.4 Å². The SMILES string of the molecule is C[C@@H](CCCc1nc2c3cc(F)cc(F)c3nc(N)n2n1)N(C)C(=O)c1nnc(C2CC2)o1. The standard InChI is InChI=1S/C21H22F2N8O2/c1-10(30(2)20(32)19-28-27-18(33-19)11-6-7-11)4-3-5-15-25-17-13-8-12(22)9-14(23)16(13)26-21(24)31(17)29-15/h8-11H,3-7H2,1-2H3,(H2,24,26)/t10-/m0/s1. The van der Waals surface area contributed by atoms with E-state index in [2.05, 4.69) is 25.3 Å². The van der Waals surface area contributed by atoms with Crippen molar-refractivity contribution in [3.8, 4) is 0 Å². The van der Waals surface area contributed by atoms with Crippen LogP contribution in [-0.4, -0.2) is 53.7 Å². The van der Waals surface area contributed by atoms with E-state index >= 15 is 0 Å². The molecule has 3 heterocycles. The zero-order valence-corrected chi connectivity index (χ0v) is 18.1. The molecule has 172 valence electrons. The number of aryl methyl sites for hydroxylation is 1. The summed E-state index contributed by atoms with van der Waals surface area (Å²) in [5.41, 5.74) is 6.09. The van der Waals surface area contributed by atoms with Crippen molar-refractivity contribution in [1.82, 2.24) is 34.7 Å². The van der Waals surface area contributed by atoms with Gasteiger partial charge in [-0.15, -0.1) is 15.3 Å². The molecule has 0 aliphatic heterocycles. The molecule has 1 amide bonds. The maximum atomic E-state index is 14.1. The lowest BCUT2D eigenvalue weighted by Crippen LogP contribution is -2.35. The third-order valence-electron chi connectivity index (χ3n) is 5.92. The third kappa shape index (κ3) is 3.96. The van der Waals surface area contributed by atoms with Crippen LogP contribution in [0.25, 0.3) is 16.6 Å². The van der Waals surface area contributed by atoms with E-state index in [1.54, 1.807) is 11.9 Å². The summed E-state index contributed by atoms with van der Waals surface area (Å²) in [5.74, 6) is -0.614. The molecule has 3 aromatic heterocycles. The van der Waals surface area contributed by atoms with Crippen LogP contribution in [0.5, 0.6) is 0 Å². The topological polar surface area (TPSA) is 128 Å². The minimum atomic E-state index is -0.809. The molecule has 2 N–H and O–H groups in total. The number of carbonyl (C=O) groups is 1. The highest BCUT2D eigenvalue weighted by molar-refractivity contribution is 5.92. The fourth-order valence-corrected chi connectivity index (χ4v) is 3.72. The predicted molar refractivity (Wildman–Crippen MR) is 113 cm³/mol. The van der Waals surface area contributed by atoms with Gasteiger partial charge in [0.05, 0.1) is 5.39 Å². The molecule has 4 aromatic rings. The van der Waals surface area contributed by atoms with Crippen molar-refractivity contribution < 1.29 is 18.0 Å². The van der Waals surface area contributed by atoms with E-state index in [0.29, 0.717) is 31.0 Å². The largest absolute Gasteiger partial charge is 0.417 e. The van der Waals surface area contributed by atoms with Crippen LogP contribution in [0, 0.1) is 11.6 Å². The van der Waals surface area contributed by atoms with E-state index in [1.165, 1.54) is 4.52 Å². The number of nitrogen functional groups attached to an aromatic ring is 1. The Morgan fingerprint density at radius 3 is 2.85 bits per heavy atom. The highest BCUT2D eigenvalue weighted by atomic mass is 19.1. The van der Waals surface area contributed by atoms with Crippen LogP contribution in [-0.2, 0) is 6.42 Å². The Morgan fingerprint density at radius 2 is 2.09 bits per heavy atom. The van der Waals surface area contributed by atoms with E-state index < -0.39 is 11.6 Å². The number of halogens is 2. The van der Waals surface area contributed by atoms with Gasteiger partial charge in [0, 0.05) is 31.5 Å². The number of benzene rings is 1. The summed E-state index contributed by atoms with van der Waals surface area (Å²) in [4.78, 5) is 22.6. The van der Waals surface area contributed by atoms with Gasteiger partial charge in [-0.05, 0) is 38.7 Å². The third-order valence-corrected chi connectivity index (χ3v) is 5.92. The first-order valence-corrected chi connectivity index (χ1v) is 10.7. The van der Waals surface area contributed by atoms with Crippen molar-refractivity contribution in [2.24, 2.45) is 0 Å². The summed E-state index contributed by atoms with van der Waals surface area (Å²) in [6.07, 6.45) is 3.85. The van der Waals surface area contributed by atoms with Crippen LogP contribution >= 0.6 is 0 Å². The first-order chi connectivity index (χ1) is 15.8. The Morgan fingerprint density at radius 1 is 1.30 bits per heavy atom. The average molecular weight is 456 g/mol. The Labute approximate surface area is 186 Å². The molecule has 0 bridgehead atoms. The molecule has 1 aromatic carbocycles. The fourth-order valence-electron chi connectivity index (χ4n) is 3.72. The van der Waals surface area contributed by atoms with Crippen molar-refractivity contribution >= 4 is 28.4 Å². The first-order valence-electron chi connectivity index (χ1n) is 10.7. The van der Waals surface area contributed by atoms with Gasteiger partial charge in [-0.3, -0.25) is 4.79 Å². The summed E-state index contributed by atoms with van der Waals surface area (Å²) in [6, 6.07) is 1.82. The number of nitrogens with zero attached hydrogens (tertiary/aromatic N) is 7. The van der Waals surface area contributed by atoms with Crippen LogP contribution in [0.2, 0.25) is 0 Å². The quantitative estimate of drug-likeness (QED) is 0.450. The molecule has 12 heteroatoms. The molecular formula is C21H22F2N8O2. The Bertz CT molecular complexity index is 1360. The van der Waals surface area contributed by atoms with Gasteiger partial charge in [-0.25, -0.2) is 18.7 Å². The lowest BCUT2D eigenvalue weighted by molar-refractivity contribution is 0.0693. The molecule has 1 saturated carbocycles. The second-order valence-corrected chi connectivity index (χ2v) is 8.39. The lowest BCUT2D eigenvalue weighted by Gasteiger charge is -2.23. The van der Waals surface area contributed by atoms with Crippen molar-refractivity contribution in [2.45, 2.75) is 51.0 Å². The van der Waals surface area contributed by atoms with E-state index in [-0.39, 0.29) is 46.3 Å². The molecule has 1 atom stereocenters. The summed E-state index contributed by atoms with van der Waals surface area (Å²) in [5, 5.41) is 12.4. The number of fused-ring (bicyclic) bond motifs is 3. The molecule has 0 radical (unpaired) electrons. The predicted octanol–water partition coefficient (Wildman–Crippen LogP) is 2.88. The highest BCUT2D eigenvalue weighted by Crippen LogP contribution is 2.39. The fraction of sp³-hybridized carbons (Fsp3) is 0.429. The molecule has 0 spiro atoms. The molecular weight excluding hydrogens is 434 g/mol. The van der Waals surface area contributed by atoms with Gasteiger partial charge in [0.15, 0.2) is 17.3 Å². The summed E-state index contributed by atoms with van der Waals surface area (Å²) >= 11 is 0. The van der Waals surface area contributed by atoms with Gasteiger partial charge < -0.3 is 15.1 Å². The van der Waals surface area contributed by atoms with Crippen LogP contribution < -0.4 is 5.73 Å². The van der Waals surface area contributed by atoms with Crippen LogP contribution in [0.1, 0.15) is 60.9 Å². The molecule has 33 heavy (non-hydrogen) atoms. The van der Waals surface area contributed by atoms with E-state index in [9.17, 15) is 13.6 Å². The number of rotatable bonds is 7. The number of amides is 1. The molecule has 5 rings (SSSR count). The molecule has 0 unspecified atom stereocenters. The Hall–Kier alpha value is -3.70. The minimum absolute atomic E-state index is 0.00239. The summed E-state index contributed by atoms with van der Waals surface area (Å²) in [6.45, 7) is 1.92. The number of hydrogen-bond acceptors (Lipinski definition) is 8. The lowest BCUT2D eigenvalue weighted by atomic mass is 10.1. The Kier molecular flexibility index (Phi) is 5.14. The maximum Gasteiger partial charge on any atom is 0.311 e. The van der Waals surface area contributed by atoms with E-state index in [0.717, 1.165) is 25.0 Å². The second-order valence-electron chi connectivity index (χ2n) is 8.39. The van der Waals surface area contributed by atoms with Gasteiger partial charge >= 0.3 is 11.8 Å². The summed E-state index contributed by atoms with van der Waals surface area (Å²) in [7, 11) is 1.69. The van der Waals surface area contributed by atoms with Crippen LogP contribution in [0.4, 0.5) is 14.7 Å². The number of anilines is 1. The summed E-state index contributed by atoms with van der Waals surface area (Å²) < 4.78 is 34.6. The van der Waals surface area contributed by atoms with Gasteiger partial charge in [-0.2, -0.15) is 4.52 Å². The number of carbonyl (C=O) groups excluding carboxylic acids is 1. The zero-order chi connectivity index (χ0) is 23.3. The van der Waals surface area contributed by atoms with E-state index in [1.807, 2.05) is 6.92 Å². The van der Waals surface area contributed by atoms with E-state index in [4.69, 9.17) is 10.2 Å². The van der Waals surface area contributed by atoms with Gasteiger partial charge in [0.2, 0.25) is 11.8 Å². The van der Waals surface area contributed by atoms with Gasteiger partial charge in [0.1, 0.15) is 11.3 Å². The first kappa shape index (κ1) is 21.2. The minimum Gasteiger partial charge on any atom is -0.417 e. The monoisotopic (exact) mass is 456 g/mol. The molecule has 1 fully saturated rings. The number of hydrogen-bond donors (Lipinski definition) is 1. The highest BCUT2D eigenvalue weighted by Gasteiger charge is 2.31. The van der Waals surface area contributed by atoms with Gasteiger partial charge in [-0.1, -0.05) is 0 Å². The zero-order valence-electron chi connectivity index (χ0n) is 18.1. The van der Waals surface area contributed by atoms with Gasteiger partial charge in [0.25, 0.3) is 0 Å². The smallest absolute Gasteiger partial charge is 0.311 e.